The zero-order valence-corrected chi connectivity index (χ0v) is 17.0. The van der Waals surface area contributed by atoms with Gasteiger partial charge in [-0.05, 0) is 29.8 Å². The van der Waals surface area contributed by atoms with Gasteiger partial charge in [0.2, 0.25) is 0 Å². The van der Waals surface area contributed by atoms with Crippen LogP contribution in [0.3, 0.4) is 0 Å². The van der Waals surface area contributed by atoms with E-state index in [1.807, 2.05) is 36.4 Å². The van der Waals surface area contributed by atoms with Crippen molar-refractivity contribution >= 4 is 5.69 Å². The molecular weight excluding hydrogens is 360 g/mol. The predicted molar refractivity (Wildman–Crippen MR) is 117 cm³/mol. The molecular formula is C25H29N2O2+. The second-order valence-electron chi connectivity index (χ2n) is 7.51. The van der Waals surface area contributed by atoms with Gasteiger partial charge >= 0.3 is 0 Å². The molecule has 1 fully saturated rings. The highest BCUT2D eigenvalue weighted by Crippen LogP contribution is 2.27. The fraction of sp³-hybridized carbons (Fsp3) is 0.280. The first-order valence-electron chi connectivity index (χ1n) is 10.3. The topological polar surface area (TPSA) is 26.1 Å². The number of ether oxygens (including phenoxy) is 2. The van der Waals surface area contributed by atoms with E-state index in [9.17, 15) is 0 Å². The quantitative estimate of drug-likeness (QED) is 0.672. The van der Waals surface area contributed by atoms with Gasteiger partial charge in [0, 0.05) is 5.56 Å². The molecule has 1 aliphatic rings. The van der Waals surface area contributed by atoms with Crippen LogP contribution in [0.15, 0.2) is 78.9 Å². The molecule has 3 aromatic carbocycles. The average molecular weight is 390 g/mol. The summed E-state index contributed by atoms with van der Waals surface area (Å²) in [5.41, 5.74) is 3.72. The lowest BCUT2D eigenvalue weighted by molar-refractivity contribution is -0.914. The van der Waals surface area contributed by atoms with Crippen molar-refractivity contribution in [3.8, 4) is 11.5 Å². The molecule has 0 spiro atoms. The Morgan fingerprint density at radius 2 is 1.55 bits per heavy atom. The van der Waals surface area contributed by atoms with Crippen molar-refractivity contribution < 1.29 is 14.4 Å². The monoisotopic (exact) mass is 389 g/mol. The molecule has 0 saturated carbocycles. The lowest BCUT2D eigenvalue weighted by Crippen LogP contribution is -3.13. The van der Waals surface area contributed by atoms with Gasteiger partial charge in [0.15, 0.2) is 0 Å². The summed E-state index contributed by atoms with van der Waals surface area (Å²) >= 11 is 0. The molecule has 1 heterocycles. The van der Waals surface area contributed by atoms with Crippen LogP contribution in [0, 0.1) is 0 Å². The summed E-state index contributed by atoms with van der Waals surface area (Å²) in [6, 6.07) is 27.1. The predicted octanol–water partition coefficient (Wildman–Crippen LogP) is 3.18. The highest BCUT2D eigenvalue weighted by Gasteiger charge is 2.22. The van der Waals surface area contributed by atoms with Crippen molar-refractivity contribution in [2.45, 2.75) is 13.2 Å². The van der Waals surface area contributed by atoms with Crippen LogP contribution in [0.4, 0.5) is 5.69 Å². The van der Waals surface area contributed by atoms with Gasteiger partial charge in [0.25, 0.3) is 0 Å². The van der Waals surface area contributed by atoms with Crippen molar-refractivity contribution in [1.29, 1.82) is 0 Å². The minimum Gasteiger partial charge on any atom is -0.495 e. The summed E-state index contributed by atoms with van der Waals surface area (Å²) in [6.45, 7) is 5.96. The van der Waals surface area contributed by atoms with E-state index < -0.39 is 0 Å². The first-order valence-corrected chi connectivity index (χ1v) is 10.3. The van der Waals surface area contributed by atoms with Crippen LogP contribution in [0.5, 0.6) is 11.5 Å². The Morgan fingerprint density at radius 3 is 2.34 bits per heavy atom. The summed E-state index contributed by atoms with van der Waals surface area (Å²) < 4.78 is 11.5. The fourth-order valence-electron chi connectivity index (χ4n) is 3.91. The second kappa shape index (κ2) is 9.48. The van der Waals surface area contributed by atoms with E-state index in [2.05, 4.69) is 47.4 Å². The summed E-state index contributed by atoms with van der Waals surface area (Å²) in [4.78, 5) is 4.04. The first-order chi connectivity index (χ1) is 14.3. The molecule has 0 radical (unpaired) electrons. The summed E-state index contributed by atoms with van der Waals surface area (Å²) in [6.07, 6.45) is 0. The van der Waals surface area contributed by atoms with Gasteiger partial charge in [0.05, 0.1) is 39.0 Å². The third-order valence-electron chi connectivity index (χ3n) is 5.50. The third kappa shape index (κ3) is 5.09. The molecule has 1 saturated heterocycles. The maximum atomic E-state index is 5.99. The summed E-state index contributed by atoms with van der Waals surface area (Å²) in [7, 11) is 1.74. The van der Waals surface area contributed by atoms with E-state index in [-0.39, 0.29) is 0 Å². The molecule has 0 aromatic heterocycles. The molecule has 1 aliphatic heterocycles. The van der Waals surface area contributed by atoms with Crippen LogP contribution >= 0.6 is 0 Å². The molecule has 0 amide bonds. The zero-order chi connectivity index (χ0) is 19.9. The molecule has 29 heavy (non-hydrogen) atoms. The lowest BCUT2D eigenvalue weighted by Gasteiger charge is -2.34. The number of nitrogens with zero attached hydrogens (tertiary/aromatic N) is 1. The number of anilines is 1. The fourth-order valence-corrected chi connectivity index (χ4v) is 3.91. The number of quaternary nitrogens is 1. The van der Waals surface area contributed by atoms with Gasteiger partial charge in [-0.25, -0.2) is 0 Å². The van der Waals surface area contributed by atoms with Crippen LogP contribution in [-0.4, -0.2) is 33.3 Å². The molecule has 4 heteroatoms. The van der Waals surface area contributed by atoms with Crippen LogP contribution in [0.25, 0.3) is 0 Å². The van der Waals surface area contributed by atoms with E-state index in [1.165, 1.54) is 16.8 Å². The van der Waals surface area contributed by atoms with Crippen LogP contribution in [0.2, 0.25) is 0 Å². The molecule has 0 unspecified atom stereocenters. The van der Waals surface area contributed by atoms with Gasteiger partial charge < -0.3 is 19.3 Å². The highest BCUT2D eigenvalue weighted by molar-refractivity contribution is 5.58. The number of nitrogens with one attached hydrogen (secondary N) is 1. The average Bonchev–Trinajstić information content (AvgIpc) is 2.79. The van der Waals surface area contributed by atoms with Gasteiger partial charge in [0.1, 0.15) is 24.7 Å². The van der Waals surface area contributed by atoms with Gasteiger partial charge in [-0.15, -0.1) is 0 Å². The largest absolute Gasteiger partial charge is 0.495 e. The minimum absolute atomic E-state index is 0.606. The Balaban J connectivity index is 1.31. The number of rotatable bonds is 7. The maximum absolute atomic E-state index is 5.99. The van der Waals surface area contributed by atoms with Crippen LogP contribution in [0.1, 0.15) is 11.1 Å². The minimum atomic E-state index is 0.606. The Labute approximate surface area is 173 Å². The van der Waals surface area contributed by atoms with Crippen molar-refractivity contribution in [3.05, 3.63) is 90.0 Å². The van der Waals surface area contributed by atoms with Gasteiger partial charge in [-0.2, -0.15) is 0 Å². The number of benzene rings is 3. The lowest BCUT2D eigenvalue weighted by atomic mass is 10.1. The number of hydrogen-bond donors (Lipinski definition) is 1. The molecule has 3 aromatic rings. The summed E-state index contributed by atoms with van der Waals surface area (Å²) in [5.74, 6) is 1.90. The number of methoxy groups -OCH3 is 1. The standard InChI is InChI=1S/C25H28N2O2/c1-28-25-13-6-5-12-24(25)27-16-14-26(15-17-27)19-22-10-7-11-23(18-22)29-20-21-8-3-2-4-9-21/h2-13,18H,14-17,19-20H2,1H3/p+1. The van der Waals surface area contributed by atoms with E-state index in [4.69, 9.17) is 9.47 Å². The van der Waals surface area contributed by atoms with Crippen molar-refractivity contribution in [3.63, 3.8) is 0 Å². The number of hydrogen-bond acceptors (Lipinski definition) is 3. The summed E-state index contributed by atoms with van der Waals surface area (Å²) in [5, 5.41) is 0. The normalized spacial score (nSPS) is 14.6. The zero-order valence-electron chi connectivity index (χ0n) is 17.0. The molecule has 1 N–H and O–H groups in total. The third-order valence-corrected chi connectivity index (χ3v) is 5.50. The molecule has 0 aliphatic carbocycles. The number of piperazine rings is 1. The van der Waals surface area contributed by atoms with Crippen molar-refractivity contribution in [2.24, 2.45) is 0 Å². The Kier molecular flexibility index (Phi) is 6.32. The molecule has 0 bridgehead atoms. The maximum Gasteiger partial charge on any atom is 0.142 e. The van der Waals surface area contributed by atoms with E-state index >= 15 is 0 Å². The van der Waals surface area contributed by atoms with Crippen LogP contribution < -0.4 is 19.3 Å². The van der Waals surface area contributed by atoms with E-state index in [0.717, 1.165) is 44.2 Å². The Morgan fingerprint density at radius 1 is 0.828 bits per heavy atom. The van der Waals surface area contributed by atoms with E-state index in [1.54, 1.807) is 12.0 Å². The second-order valence-corrected chi connectivity index (χ2v) is 7.51. The smallest absolute Gasteiger partial charge is 0.142 e. The molecule has 150 valence electrons. The highest BCUT2D eigenvalue weighted by atomic mass is 16.5. The Hall–Kier alpha value is -2.98. The number of para-hydroxylation sites is 2. The molecule has 4 rings (SSSR count). The first kappa shape index (κ1) is 19.3. The molecule has 0 atom stereocenters. The van der Waals surface area contributed by atoms with Crippen molar-refractivity contribution in [2.75, 3.05) is 38.2 Å². The SMILES string of the molecule is COc1ccccc1N1CC[NH+](Cc2cccc(OCc3ccccc3)c2)CC1. The Bertz CT molecular complexity index is 905. The van der Waals surface area contributed by atoms with Crippen LogP contribution in [-0.2, 0) is 13.2 Å². The molecule has 4 nitrogen and oxygen atoms in total. The van der Waals surface area contributed by atoms with Gasteiger partial charge in [-0.3, -0.25) is 0 Å². The van der Waals surface area contributed by atoms with Gasteiger partial charge in [-0.1, -0.05) is 54.6 Å². The van der Waals surface area contributed by atoms with E-state index in [0.29, 0.717) is 6.61 Å². The van der Waals surface area contributed by atoms with Crippen molar-refractivity contribution in [1.82, 2.24) is 0 Å².